The molecule has 1 aliphatic heterocycles. The van der Waals surface area contributed by atoms with Crippen molar-refractivity contribution in [3.8, 4) is 22.5 Å². The van der Waals surface area contributed by atoms with Crippen molar-refractivity contribution in [1.29, 1.82) is 0 Å². The van der Waals surface area contributed by atoms with E-state index < -0.39 is 87.1 Å². The Balaban J connectivity index is 1.32. The standard InChI is InChI=1S/C63H71F4N4O10S3/c1-13-63(10,11)62(73)70-48(61(72)80-31-30-79-29-28-78-12)34-82-59-53(64)55(66)60(56(67)54(59)65)84(76,77)71-83(74,75)51-23-15-14-18-47(51)52-45-26-24-39(68-57-41(35(2)3)19-16-20-42(57)36(4)5)32-49(45)81-50-33-40(25-27-46(50)52)69-58-43(37(6)7)21-17-22-44(58)38(8)9/h14-27,32-33,35-38,48H,13,28-31,34H2,1-12H3,(H,68,69)(H,70,73)/q-1/p+1. The number of benzene rings is 6. The number of esters is 1. The van der Waals surface area contributed by atoms with E-state index in [9.17, 15) is 26.4 Å². The Hall–Kier alpha value is -6.62. The molecule has 1 heterocycles. The summed E-state index contributed by atoms with van der Waals surface area (Å²) in [7, 11) is -10.3. The molecule has 2 aliphatic rings. The first kappa shape index (κ1) is 64.9. The zero-order valence-electron chi connectivity index (χ0n) is 49.1. The van der Waals surface area contributed by atoms with Gasteiger partial charge in [0.25, 0.3) is 0 Å². The Labute approximate surface area is 493 Å². The first-order valence-electron chi connectivity index (χ1n) is 27.6. The Bertz CT molecular complexity index is 3770. The number of hydrogen-bond donors (Lipinski definition) is 3. The van der Waals surface area contributed by atoms with Gasteiger partial charge < -0.3 is 33.4 Å². The number of sulfonamides is 2. The highest BCUT2D eigenvalue weighted by Crippen LogP contribution is 2.46. The van der Waals surface area contributed by atoms with Crippen LogP contribution in [0.1, 0.15) is 129 Å². The Morgan fingerprint density at radius 2 is 1.27 bits per heavy atom. The van der Waals surface area contributed by atoms with E-state index in [1.165, 1.54) is 25.3 Å². The van der Waals surface area contributed by atoms with Crippen molar-refractivity contribution < 1.29 is 67.6 Å². The second kappa shape index (κ2) is 27.2. The number of carbonyl (C=O) groups excluding carboxylic acids is 2. The average molecular weight is 1220 g/mol. The van der Waals surface area contributed by atoms with Crippen molar-refractivity contribution in [2.75, 3.05) is 44.6 Å². The second-order valence-electron chi connectivity index (χ2n) is 22.2. The first-order chi connectivity index (χ1) is 39.6. The molecule has 21 heteroatoms. The van der Waals surface area contributed by atoms with Crippen molar-refractivity contribution in [2.45, 2.75) is 127 Å². The third-order valence-electron chi connectivity index (χ3n) is 14.5. The number of carbonyl (C=O) groups is 2. The molecular weight excluding hydrogens is 1140 g/mol. The van der Waals surface area contributed by atoms with Crippen molar-refractivity contribution in [3.05, 3.63) is 152 Å². The number of rotatable bonds is 25. The summed E-state index contributed by atoms with van der Waals surface area (Å²) in [5.41, 5.74) is 6.52. The van der Waals surface area contributed by atoms with E-state index in [1.807, 2.05) is 12.1 Å². The van der Waals surface area contributed by atoms with E-state index in [4.69, 9.17) is 18.6 Å². The molecule has 0 aromatic heterocycles. The van der Waals surface area contributed by atoms with E-state index >= 15 is 17.6 Å². The summed E-state index contributed by atoms with van der Waals surface area (Å²) in [6.07, 6.45) is 0.305. The van der Waals surface area contributed by atoms with Gasteiger partial charge in [-0.2, -0.15) is 0 Å². The summed E-state index contributed by atoms with van der Waals surface area (Å²) < 4.78 is 147. The molecule has 7 rings (SSSR count). The average Bonchev–Trinajstić information content (AvgIpc) is 2.42. The van der Waals surface area contributed by atoms with Gasteiger partial charge in [0.05, 0.1) is 35.7 Å². The maximum Gasteiger partial charge on any atom is 0.329 e. The van der Waals surface area contributed by atoms with Gasteiger partial charge in [0.15, 0.2) is 23.3 Å². The van der Waals surface area contributed by atoms with Crippen molar-refractivity contribution in [3.63, 3.8) is 0 Å². The maximum absolute atomic E-state index is 16.2. The van der Waals surface area contributed by atoms with Crippen LogP contribution in [0.15, 0.2) is 116 Å². The van der Waals surface area contributed by atoms with E-state index in [0.717, 1.165) is 39.7 Å². The fourth-order valence-corrected chi connectivity index (χ4v) is 13.4. The van der Waals surface area contributed by atoms with Gasteiger partial charge in [0.2, 0.25) is 17.0 Å². The van der Waals surface area contributed by atoms with Crippen LogP contribution in [0.25, 0.3) is 37.5 Å². The number of halogens is 4. The van der Waals surface area contributed by atoms with Crippen molar-refractivity contribution in [1.82, 2.24) is 5.32 Å². The number of thioether (sulfide) groups is 1. The fourth-order valence-electron chi connectivity index (χ4n) is 9.46. The maximum atomic E-state index is 16.2. The number of para-hydroxylation sites is 2. The highest BCUT2D eigenvalue weighted by molar-refractivity contribution is 8.12. The van der Waals surface area contributed by atoms with Crippen LogP contribution in [0.4, 0.5) is 34.6 Å². The summed E-state index contributed by atoms with van der Waals surface area (Å²) in [5.74, 6) is -11.1. The molecule has 1 amide bonds. The molecule has 5 aromatic rings. The lowest BCUT2D eigenvalue weighted by Crippen LogP contribution is -2.71. The second-order valence-corrected chi connectivity index (χ2v) is 26.5. The quantitative estimate of drug-likeness (QED) is 0.0123. The van der Waals surface area contributed by atoms with E-state index in [1.54, 1.807) is 57.2 Å². The zero-order valence-corrected chi connectivity index (χ0v) is 51.6. The van der Waals surface area contributed by atoms with Crippen LogP contribution in [0.2, 0.25) is 0 Å². The molecule has 14 nitrogen and oxygen atoms in total. The third-order valence-corrected chi connectivity index (χ3v) is 19.0. The van der Waals surface area contributed by atoms with Crippen LogP contribution in [-0.2, 0) is 43.8 Å². The van der Waals surface area contributed by atoms with Crippen LogP contribution in [0.3, 0.4) is 0 Å². The summed E-state index contributed by atoms with van der Waals surface area (Å²) >= 11 is 0.0354. The molecule has 0 bridgehead atoms. The normalized spacial score (nSPS) is 13.0. The van der Waals surface area contributed by atoms with Gasteiger partial charge in [-0.15, -0.1) is 11.8 Å². The van der Waals surface area contributed by atoms with Crippen LogP contribution in [-0.4, -0.2) is 74.0 Å². The molecular formula is C63H72F4N4O10S3. The van der Waals surface area contributed by atoms with Crippen LogP contribution in [0, 0.1) is 28.7 Å². The predicted octanol–water partition coefficient (Wildman–Crippen LogP) is 13.0. The number of nitrogens with zero attached hydrogens (tertiary/aromatic N) is 1. The first-order valence-corrected chi connectivity index (χ1v) is 31.5. The lowest BCUT2D eigenvalue weighted by atomic mass is 9.89. The van der Waals surface area contributed by atoms with Gasteiger partial charge in [0.1, 0.15) is 48.9 Å². The number of ether oxygens (including phenoxy) is 3. The molecule has 5 aromatic carbocycles. The molecule has 0 saturated carbocycles. The van der Waals surface area contributed by atoms with Crippen LogP contribution < -0.4 is 21.0 Å². The molecule has 0 fully saturated rings. The summed E-state index contributed by atoms with van der Waals surface area (Å²) in [6.45, 7) is 21.7. The fraction of sp³-hybridized carbons (Fsp3) is 0.381. The minimum atomic E-state index is -6.17. The third kappa shape index (κ3) is 14.4. The molecule has 1 aliphatic carbocycles. The minimum absolute atomic E-state index is 0.0354. The highest BCUT2D eigenvalue weighted by Gasteiger charge is 2.35. The summed E-state index contributed by atoms with van der Waals surface area (Å²) in [6, 6.07) is 26.4. The summed E-state index contributed by atoms with van der Waals surface area (Å²) in [5, 5.41) is 7.06. The molecule has 450 valence electrons. The smallest absolute Gasteiger partial charge is 0.329 e. The zero-order chi connectivity index (χ0) is 61.6. The lowest BCUT2D eigenvalue weighted by Gasteiger charge is -2.26. The molecule has 1 atom stereocenters. The number of amides is 1. The molecule has 84 heavy (non-hydrogen) atoms. The van der Waals surface area contributed by atoms with Gasteiger partial charge >= 0.3 is 5.97 Å². The highest BCUT2D eigenvalue weighted by atomic mass is 32.3. The molecule has 0 saturated heterocycles. The van der Waals surface area contributed by atoms with Gasteiger partial charge in [-0.3, -0.25) is 4.79 Å². The number of methoxy groups -OCH3 is 1. The SMILES string of the molecule is CCC(C)(C)C(=O)NC(CSc1c(F)c(F)c(S(=O)(=O)[N-]S(=O)(=O)c2ccccc2-c2c3ccc(=[NH+]c4c(C(C)C)cccc4C(C)C)cc-3oc3cc(Nc4c(C(C)C)cccc4C(C)C)ccc23)c(F)c1F)C(=O)OCCOCCOC. The Kier molecular flexibility index (Phi) is 21.0. The van der Waals surface area contributed by atoms with E-state index in [0.29, 0.717) is 28.4 Å². The number of nitrogens with one attached hydrogen (secondary N) is 3. The predicted molar refractivity (Wildman–Crippen MR) is 319 cm³/mol. The van der Waals surface area contributed by atoms with Gasteiger partial charge in [-0.25, -0.2) is 44.2 Å². The Morgan fingerprint density at radius 1 is 0.690 bits per heavy atom. The Morgan fingerprint density at radius 3 is 1.86 bits per heavy atom. The number of hydrogen-bond acceptors (Lipinski definition) is 12. The van der Waals surface area contributed by atoms with Gasteiger partial charge in [0, 0.05) is 75.0 Å². The molecule has 3 N–H and O–H groups in total. The van der Waals surface area contributed by atoms with Crippen LogP contribution >= 0.6 is 11.8 Å². The molecule has 1 unspecified atom stereocenters. The number of fused-ring (bicyclic) bond motifs is 2. The van der Waals surface area contributed by atoms with Gasteiger partial charge in [-0.1, -0.05) is 131 Å². The molecule has 0 radical (unpaired) electrons. The topological polar surface area (TPSA) is 195 Å². The lowest BCUT2D eigenvalue weighted by molar-refractivity contribution is -0.404. The van der Waals surface area contributed by atoms with Crippen LogP contribution in [0.5, 0.6) is 0 Å². The van der Waals surface area contributed by atoms with E-state index in [2.05, 4.69) is 99.4 Å². The number of anilines is 2. The monoisotopic (exact) mass is 1220 g/mol. The molecule has 0 spiro atoms. The summed E-state index contributed by atoms with van der Waals surface area (Å²) in [4.78, 5) is 25.5. The largest absolute Gasteiger partial charge is 0.462 e. The van der Waals surface area contributed by atoms with E-state index in [-0.39, 0.29) is 84.3 Å². The van der Waals surface area contributed by atoms with Crippen molar-refractivity contribution >= 4 is 71.7 Å². The van der Waals surface area contributed by atoms with Crippen molar-refractivity contribution in [2.24, 2.45) is 5.41 Å². The van der Waals surface area contributed by atoms with Gasteiger partial charge in [-0.05, 0) is 65.5 Å². The minimum Gasteiger partial charge on any atom is -0.462 e.